The number of hydrogen-bond donors (Lipinski definition) is 1. The molecule has 0 atom stereocenters. The molecule has 0 aromatic heterocycles. The normalized spacial score (nSPS) is 11.0. The van der Waals surface area contributed by atoms with E-state index in [0.717, 1.165) is 20.9 Å². The Morgan fingerprint density at radius 3 is 2.67 bits per heavy atom. The summed E-state index contributed by atoms with van der Waals surface area (Å²) in [6.45, 7) is 3.53. The number of esters is 1. The number of methoxy groups -OCH3 is 1. The molecule has 96 valence electrons. The van der Waals surface area contributed by atoms with Crippen LogP contribution < -0.4 is 5.32 Å². The van der Waals surface area contributed by atoms with E-state index in [1.165, 1.54) is 7.11 Å². The predicted molar refractivity (Wildman–Crippen MR) is 78.3 cm³/mol. The molecule has 0 heterocycles. The fraction of sp³-hybridized carbons (Fsp3) is 0.231. The molecule has 0 saturated carbocycles. The van der Waals surface area contributed by atoms with E-state index in [4.69, 9.17) is 0 Å². The van der Waals surface area contributed by atoms with Crippen LogP contribution in [0.4, 0.5) is 5.69 Å². The first-order chi connectivity index (χ1) is 8.45. The number of amides is 1. The number of aryl methyl sites for hydroxylation is 1. The Bertz CT molecular complexity index is 509. The van der Waals surface area contributed by atoms with Crippen molar-refractivity contribution in [3.05, 3.63) is 39.0 Å². The molecule has 0 saturated heterocycles. The monoisotopic (exact) mass is 359 g/mol. The maximum absolute atomic E-state index is 11.8. The third-order valence-electron chi connectivity index (χ3n) is 2.33. The molecular weight excluding hydrogens is 345 g/mol. The van der Waals surface area contributed by atoms with Crippen LogP contribution in [0.5, 0.6) is 0 Å². The first-order valence-corrected chi connectivity index (χ1v) is 6.36. The third kappa shape index (κ3) is 3.83. The van der Waals surface area contributed by atoms with Crippen molar-refractivity contribution in [2.24, 2.45) is 0 Å². The summed E-state index contributed by atoms with van der Waals surface area (Å²) in [5.41, 5.74) is 2.13. The molecule has 0 radical (unpaired) electrons. The summed E-state index contributed by atoms with van der Waals surface area (Å²) in [4.78, 5) is 22.9. The summed E-state index contributed by atoms with van der Waals surface area (Å²) >= 11 is 2.17. The molecule has 4 nitrogen and oxygen atoms in total. The Labute approximate surface area is 120 Å². The zero-order chi connectivity index (χ0) is 13.7. The number of halogens is 1. The summed E-state index contributed by atoms with van der Waals surface area (Å²) in [5.74, 6) is -0.856. The number of anilines is 1. The van der Waals surface area contributed by atoms with Crippen LogP contribution in [0.25, 0.3) is 0 Å². The maximum atomic E-state index is 11.8. The largest absolute Gasteiger partial charge is 0.466 e. The number of rotatable bonds is 3. The highest BCUT2D eigenvalue weighted by molar-refractivity contribution is 14.1. The lowest BCUT2D eigenvalue weighted by Crippen LogP contribution is -2.15. The number of benzene rings is 1. The van der Waals surface area contributed by atoms with Crippen LogP contribution in [0, 0.1) is 10.5 Å². The average Bonchev–Trinajstić information content (AvgIpc) is 2.34. The van der Waals surface area contributed by atoms with Gasteiger partial charge in [-0.25, -0.2) is 4.79 Å². The van der Waals surface area contributed by atoms with Crippen LogP contribution in [0.3, 0.4) is 0 Å². The Morgan fingerprint density at radius 1 is 1.39 bits per heavy atom. The molecule has 0 bridgehead atoms. The average molecular weight is 359 g/mol. The van der Waals surface area contributed by atoms with E-state index < -0.39 is 5.97 Å². The lowest BCUT2D eigenvalue weighted by Gasteiger charge is -2.09. The van der Waals surface area contributed by atoms with Gasteiger partial charge in [-0.2, -0.15) is 0 Å². The van der Waals surface area contributed by atoms with Gasteiger partial charge in [-0.1, -0.05) is 12.1 Å². The summed E-state index contributed by atoms with van der Waals surface area (Å²) in [6.07, 6.45) is 1.16. The van der Waals surface area contributed by atoms with Crippen molar-refractivity contribution in [2.75, 3.05) is 12.4 Å². The molecule has 1 aromatic rings. The molecule has 1 amide bonds. The van der Waals surface area contributed by atoms with Crippen molar-refractivity contribution in [3.8, 4) is 0 Å². The fourth-order valence-electron chi connectivity index (χ4n) is 1.27. The summed E-state index contributed by atoms with van der Waals surface area (Å²) in [7, 11) is 1.27. The van der Waals surface area contributed by atoms with Crippen LogP contribution in [0.1, 0.15) is 12.5 Å². The number of nitrogens with one attached hydrogen (secondary N) is 1. The van der Waals surface area contributed by atoms with Gasteiger partial charge in [-0.05, 0) is 48.1 Å². The zero-order valence-electron chi connectivity index (χ0n) is 10.4. The molecule has 1 rings (SSSR count). The Hall–Kier alpha value is -1.37. The highest BCUT2D eigenvalue weighted by Gasteiger charge is 2.09. The van der Waals surface area contributed by atoms with Crippen molar-refractivity contribution >= 4 is 40.2 Å². The molecule has 5 heteroatoms. The second-order valence-electron chi connectivity index (χ2n) is 3.74. The van der Waals surface area contributed by atoms with E-state index >= 15 is 0 Å². The molecule has 18 heavy (non-hydrogen) atoms. The Morgan fingerprint density at radius 2 is 2.06 bits per heavy atom. The van der Waals surface area contributed by atoms with E-state index in [0.29, 0.717) is 5.57 Å². The molecule has 0 aliphatic rings. The van der Waals surface area contributed by atoms with Crippen LogP contribution in [-0.2, 0) is 14.3 Å². The quantitative estimate of drug-likeness (QED) is 0.513. The fourth-order valence-corrected chi connectivity index (χ4v) is 1.76. The smallest absolute Gasteiger partial charge is 0.330 e. The topological polar surface area (TPSA) is 55.4 Å². The Balaban J connectivity index is 2.85. The van der Waals surface area contributed by atoms with Crippen molar-refractivity contribution in [3.63, 3.8) is 0 Å². The van der Waals surface area contributed by atoms with Gasteiger partial charge in [0.05, 0.1) is 12.8 Å². The molecular formula is C13H14INO3. The minimum absolute atomic E-state index is 0.305. The van der Waals surface area contributed by atoms with Crippen LogP contribution in [-0.4, -0.2) is 19.0 Å². The molecule has 0 aliphatic heterocycles. The van der Waals surface area contributed by atoms with Gasteiger partial charge in [0, 0.05) is 15.2 Å². The van der Waals surface area contributed by atoms with Gasteiger partial charge in [0.1, 0.15) is 0 Å². The third-order valence-corrected chi connectivity index (χ3v) is 3.77. The summed E-state index contributed by atoms with van der Waals surface area (Å²) in [5, 5.41) is 2.76. The first-order valence-electron chi connectivity index (χ1n) is 5.28. The molecule has 0 spiro atoms. The van der Waals surface area contributed by atoms with Gasteiger partial charge in [0.2, 0.25) is 0 Å². The van der Waals surface area contributed by atoms with Crippen LogP contribution >= 0.6 is 22.6 Å². The Kier molecular flexibility index (Phi) is 5.33. The van der Waals surface area contributed by atoms with Crippen LogP contribution in [0.2, 0.25) is 0 Å². The molecule has 1 N–H and O–H groups in total. The SMILES string of the molecule is COC(=O)/C=C(\C)C(=O)Nc1cccc(C)c1I. The van der Waals surface area contributed by atoms with Crippen molar-refractivity contribution < 1.29 is 14.3 Å². The van der Waals surface area contributed by atoms with Gasteiger partial charge in [0.15, 0.2) is 0 Å². The van der Waals surface area contributed by atoms with Gasteiger partial charge >= 0.3 is 5.97 Å². The maximum Gasteiger partial charge on any atom is 0.330 e. The number of ether oxygens (including phenoxy) is 1. The zero-order valence-corrected chi connectivity index (χ0v) is 12.6. The van der Waals surface area contributed by atoms with Gasteiger partial charge in [-0.15, -0.1) is 0 Å². The van der Waals surface area contributed by atoms with Gasteiger partial charge in [-0.3, -0.25) is 4.79 Å². The lowest BCUT2D eigenvalue weighted by molar-refractivity contribution is -0.135. The van der Waals surface area contributed by atoms with Crippen molar-refractivity contribution in [2.45, 2.75) is 13.8 Å². The predicted octanol–water partition coefficient (Wildman–Crippen LogP) is 2.66. The van der Waals surface area contributed by atoms with Gasteiger partial charge in [0.25, 0.3) is 5.91 Å². The van der Waals surface area contributed by atoms with E-state index in [1.807, 2.05) is 25.1 Å². The van der Waals surface area contributed by atoms with E-state index in [-0.39, 0.29) is 5.91 Å². The van der Waals surface area contributed by atoms with E-state index in [1.54, 1.807) is 6.92 Å². The standard InChI is InChI=1S/C13H14INO3/c1-8-5-4-6-10(12(8)14)15-13(17)9(2)7-11(16)18-3/h4-7H,1-3H3,(H,15,17)/b9-7+. The minimum Gasteiger partial charge on any atom is -0.466 e. The van der Waals surface area contributed by atoms with Crippen molar-refractivity contribution in [1.82, 2.24) is 0 Å². The van der Waals surface area contributed by atoms with E-state index in [2.05, 4.69) is 32.6 Å². The first kappa shape index (κ1) is 14.7. The minimum atomic E-state index is -0.540. The number of carbonyl (C=O) groups is 2. The highest BCUT2D eigenvalue weighted by atomic mass is 127. The summed E-state index contributed by atoms with van der Waals surface area (Å²) < 4.78 is 5.45. The molecule has 0 unspecified atom stereocenters. The number of hydrogen-bond acceptors (Lipinski definition) is 3. The number of carbonyl (C=O) groups excluding carboxylic acids is 2. The molecule has 1 aromatic carbocycles. The van der Waals surface area contributed by atoms with Gasteiger partial charge < -0.3 is 10.1 Å². The molecule has 0 aliphatic carbocycles. The van der Waals surface area contributed by atoms with E-state index in [9.17, 15) is 9.59 Å². The second-order valence-corrected chi connectivity index (χ2v) is 4.82. The lowest BCUT2D eigenvalue weighted by atomic mass is 10.2. The van der Waals surface area contributed by atoms with Crippen LogP contribution in [0.15, 0.2) is 29.8 Å². The summed E-state index contributed by atoms with van der Waals surface area (Å²) in [6, 6.07) is 5.65. The molecule has 0 fully saturated rings. The second kappa shape index (κ2) is 6.53. The highest BCUT2D eigenvalue weighted by Crippen LogP contribution is 2.21. The van der Waals surface area contributed by atoms with Crippen molar-refractivity contribution in [1.29, 1.82) is 0 Å².